The van der Waals surface area contributed by atoms with Crippen LogP contribution in [0.1, 0.15) is 55.4 Å². The number of hydrogen-bond acceptors (Lipinski definition) is 3. The minimum Gasteiger partial charge on any atom is -0.364 e. The van der Waals surface area contributed by atoms with Crippen molar-refractivity contribution in [3.05, 3.63) is 21.9 Å². The summed E-state index contributed by atoms with van der Waals surface area (Å²) in [5.74, 6) is 0.878. The molecule has 1 aliphatic heterocycles. The maximum absolute atomic E-state index is 6.56. The van der Waals surface area contributed by atoms with E-state index in [4.69, 9.17) is 4.74 Å². The first-order valence-corrected chi connectivity index (χ1v) is 8.49. The summed E-state index contributed by atoms with van der Waals surface area (Å²) in [5, 5.41) is 3.62. The Morgan fingerprint density at radius 1 is 1.37 bits per heavy atom. The zero-order valence-corrected chi connectivity index (χ0v) is 12.9. The van der Waals surface area contributed by atoms with Crippen molar-refractivity contribution in [2.24, 2.45) is 5.92 Å². The van der Waals surface area contributed by atoms with Crippen LogP contribution in [0.25, 0.3) is 0 Å². The highest BCUT2D eigenvalue weighted by Crippen LogP contribution is 2.40. The fourth-order valence-electron chi connectivity index (χ4n) is 3.32. The van der Waals surface area contributed by atoms with Gasteiger partial charge in [-0.15, -0.1) is 11.3 Å². The van der Waals surface area contributed by atoms with Gasteiger partial charge in [0.1, 0.15) is 6.10 Å². The number of rotatable bonds is 2. The molecule has 0 bridgehead atoms. The minimum absolute atomic E-state index is 0.117. The van der Waals surface area contributed by atoms with E-state index in [1.54, 1.807) is 0 Å². The Bertz CT molecular complexity index is 420. The summed E-state index contributed by atoms with van der Waals surface area (Å²) in [6.07, 6.45) is 6.49. The lowest BCUT2D eigenvalue weighted by Gasteiger charge is -2.45. The molecule has 1 aromatic heterocycles. The summed E-state index contributed by atoms with van der Waals surface area (Å²) in [6.45, 7) is 6.61. The first-order valence-electron chi connectivity index (χ1n) is 7.68. The van der Waals surface area contributed by atoms with E-state index in [-0.39, 0.29) is 11.7 Å². The molecule has 1 spiro atoms. The van der Waals surface area contributed by atoms with Gasteiger partial charge in [0.05, 0.1) is 5.60 Å². The third-order valence-electron chi connectivity index (χ3n) is 4.70. The van der Waals surface area contributed by atoms with E-state index in [1.165, 1.54) is 35.4 Å². The van der Waals surface area contributed by atoms with Crippen LogP contribution in [0.4, 0.5) is 0 Å². The molecule has 1 N–H and O–H groups in total. The predicted molar refractivity (Wildman–Crippen MR) is 80.8 cm³/mol. The van der Waals surface area contributed by atoms with E-state index in [2.05, 4.69) is 31.3 Å². The van der Waals surface area contributed by atoms with Gasteiger partial charge in [0.15, 0.2) is 0 Å². The van der Waals surface area contributed by atoms with Crippen LogP contribution in [0.15, 0.2) is 12.1 Å². The molecule has 2 heterocycles. The largest absolute Gasteiger partial charge is 0.364 e. The molecule has 1 saturated heterocycles. The molecule has 106 valence electrons. The van der Waals surface area contributed by atoms with Crippen LogP contribution in [0.5, 0.6) is 0 Å². The van der Waals surface area contributed by atoms with E-state index < -0.39 is 0 Å². The van der Waals surface area contributed by atoms with Crippen molar-refractivity contribution in [2.75, 3.05) is 13.1 Å². The Morgan fingerprint density at radius 2 is 2.16 bits per heavy atom. The SMILES string of the molecule is CCc1ccc(C2CNCC3(CCC(C)CC3)O2)s1. The maximum atomic E-state index is 6.56. The summed E-state index contributed by atoms with van der Waals surface area (Å²) in [7, 11) is 0. The molecule has 3 heteroatoms. The summed E-state index contributed by atoms with van der Waals surface area (Å²) in [4.78, 5) is 2.87. The van der Waals surface area contributed by atoms with E-state index in [0.29, 0.717) is 0 Å². The Kier molecular flexibility index (Phi) is 3.97. The molecular formula is C16H25NOS. The second kappa shape index (κ2) is 5.55. The van der Waals surface area contributed by atoms with Crippen LogP contribution in [0.2, 0.25) is 0 Å². The van der Waals surface area contributed by atoms with Gasteiger partial charge >= 0.3 is 0 Å². The van der Waals surface area contributed by atoms with Gasteiger partial charge in [-0.25, -0.2) is 0 Å². The van der Waals surface area contributed by atoms with Gasteiger partial charge in [0.25, 0.3) is 0 Å². The molecular weight excluding hydrogens is 254 g/mol. The Morgan fingerprint density at radius 3 is 2.84 bits per heavy atom. The first-order chi connectivity index (χ1) is 9.21. The Hall–Kier alpha value is -0.380. The lowest BCUT2D eigenvalue weighted by Crippen LogP contribution is -2.52. The third-order valence-corrected chi connectivity index (χ3v) is 6.02. The molecule has 2 aliphatic rings. The smallest absolute Gasteiger partial charge is 0.105 e. The number of aryl methyl sites for hydroxylation is 1. The van der Waals surface area contributed by atoms with Crippen molar-refractivity contribution in [3.8, 4) is 0 Å². The van der Waals surface area contributed by atoms with Gasteiger partial charge in [-0.1, -0.05) is 13.8 Å². The fourth-order valence-corrected chi connectivity index (χ4v) is 4.30. The van der Waals surface area contributed by atoms with Gasteiger partial charge in [-0.3, -0.25) is 0 Å². The lowest BCUT2D eigenvalue weighted by atomic mass is 9.78. The Balaban J connectivity index is 1.70. The van der Waals surface area contributed by atoms with Crippen LogP contribution in [0.3, 0.4) is 0 Å². The van der Waals surface area contributed by atoms with Crippen LogP contribution in [-0.2, 0) is 11.2 Å². The molecule has 1 saturated carbocycles. The second-order valence-electron chi connectivity index (χ2n) is 6.26. The summed E-state index contributed by atoms with van der Waals surface area (Å²) < 4.78 is 6.56. The third kappa shape index (κ3) is 2.88. The maximum Gasteiger partial charge on any atom is 0.105 e. The molecule has 0 aromatic carbocycles. The van der Waals surface area contributed by atoms with Crippen molar-refractivity contribution in [2.45, 2.75) is 57.7 Å². The topological polar surface area (TPSA) is 21.3 Å². The van der Waals surface area contributed by atoms with Gasteiger partial charge in [-0.2, -0.15) is 0 Å². The number of morpholine rings is 1. The number of ether oxygens (including phenoxy) is 1. The van der Waals surface area contributed by atoms with E-state index in [1.807, 2.05) is 11.3 Å². The van der Waals surface area contributed by atoms with Crippen LogP contribution in [0, 0.1) is 5.92 Å². The normalized spacial score (nSPS) is 35.7. The average molecular weight is 279 g/mol. The monoisotopic (exact) mass is 279 g/mol. The molecule has 1 aromatic rings. The van der Waals surface area contributed by atoms with Crippen LogP contribution in [-0.4, -0.2) is 18.7 Å². The standard InChI is InChI=1S/C16H25NOS/c1-3-13-4-5-15(19-13)14-10-17-11-16(18-14)8-6-12(2)7-9-16/h4-5,12,14,17H,3,6-11H2,1-2H3. The zero-order valence-electron chi connectivity index (χ0n) is 12.1. The highest BCUT2D eigenvalue weighted by molar-refractivity contribution is 7.12. The van der Waals surface area contributed by atoms with Gasteiger partial charge in [-0.05, 0) is 50.2 Å². The van der Waals surface area contributed by atoms with Gasteiger partial charge in [0.2, 0.25) is 0 Å². The number of nitrogens with one attached hydrogen (secondary N) is 1. The molecule has 1 aliphatic carbocycles. The van der Waals surface area contributed by atoms with Crippen molar-refractivity contribution >= 4 is 11.3 Å². The highest BCUT2D eigenvalue weighted by Gasteiger charge is 2.40. The highest BCUT2D eigenvalue weighted by atomic mass is 32.1. The van der Waals surface area contributed by atoms with Crippen molar-refractivity contribution in [1.82, 2.24) is 5.32 Å². The summed E-state index contributed by atoms with van der Waals surface area (Å²) in [5.41, 5.74) is 0.117. The average Bonchev–Trinajstić information content (AvgIpc) is 2.92. The summed E-state index contributed by atoms with van der Waals surface area (Å²) >= 11 is 1.92. The van der Waals surface area contributed by atoms with Crippen molar-refractivity contribution in [3.63, 3.8) is 0 Å². The van der Waals surface area contributed by atoms with Gasteiger partial charge < -0.3 is 10.1 Å². The molecule has 2 nitrogen and oxygen atoms in total. The van der Waals surface area contributed by atoms with E-state index in [0.717, 1.165) is 25.4 Å². The molecule has 0 radical (unpaired) electrons. The van der Waals surface area contributed by atoms with Crippen LogP contribution >= 0.6 is 11.3 Å². The van der Waals surface area contributed by atoms with Crippen LogP contribution < -0.4 is 5.32 Å². The first kappa shape index (κ1) is 13.6. The molecule has 1 atom stereocenters. The second-order valence-corrected chi connectivity index (χ2v) is 7.46. The quantitative estimate of drug-likeness (QED) is 0.886. The molecule has 1 unspecified atom stereocenters. The molecule has 19 heavy (non-hydrogen) atoms. The lowest BCUT2D eigenvalue weighted by molar-refractivity contribution is -0.139. The molecule has 2 fully saturated rings. The summed E-state index contributed by atoms with van der Waals surface area (Å²) in [6, 6.07) is 4.52. The minimum atomic E-state index is 0.117. The van der Waals surface area contributed by atoms with E-state index in [9.17, 15) is 0 Å². The fraction of sp³-hybridized carbons (Fsp3) is 0.750. The molecule has 3 rings (SSSR count). The van der Waals surface area contributed by atoms with Crippen molar-refractivity contribution in [1.29, 1.82) is 0 Å². The number of hydrogen-bond donors (Lipinski definition) is 1. The molecule has 0 amide bonds. The number of thiophene rings is 1. The van der Waals surface area contributed by atoms with E-state index >= 15 is 0 Å². The van der Waals surface area contributed by atoms with Crippen molar-refractivity contribution < 1.29 is 4.74 Å². The van der Waals surface area contributed by atoms with Gasteiger partial charge in [0, 0.05) is 22.8 Å². The zero-order chi connectivity index (χ0) is 13.3. The predicted octanol–water partition coefficient (Wildman–Crippen LogP) is 3.92. The Labute approximate surface area is 120 Å².